The summed E-state index contributed by atoms with van der Waals surface area (Å²) in [4.78, 5) is 25.5. The molecule has 22 heavy (non-hydrogen) atoms. The fraction of sp³-hybridized carbons (Fsp3) is 0.294. The zero-order valence-electron chi connectivity index (χ0n) is 12.2. The third-order valence-corrected chi connectivity index (χ3v) is 4.28. The number of aliphatic carboxylic acids is 1. The van der Waals surface area contributed by atoms with Gasteiger partial charge in [0.25, 0.3) is 5.91 Å². The summed E-state index contributed by atoms with van der Waals surface area (Å²) in [6.07, 6.45) is 1.97. The molecule has 0 radical (unpaired) electrons. The number of benzene rings is 1. The zero-order chi connectivity index (χ0) is 15.7. The van der Waals surface area contributed by atoms with Crippen LogP contribution < -0.4 is 0 Å². The highest BCUT2D eigenvalue weighted by molar-refractivity contribution is 5.98. The maximum Gasteiger partial charge on any atom is 0.308 e. The van der Waals surface area contributed by atoms with Crippen molar-refractivity contribution in [1.29, 1.82) is 0 Å². The van der Waals surface area contributed by atoms with Gasteiger partial charge in [0.05, 0.1) is 12.2 Å². The Hall–Kier alpha value is -2.56. The van der Waals surface area contributed by atoms with E-state index in [9.17, 15) is 14.7 Å². The highest BCUT2D eigenvalue weighted by Crippen LogP contribution is 2.30. The molecule has 2 aromatic rings. The van der Waals surface area contributed by atoms with E-state index in [-0.39, 0.29) is 17.7 Å². The second-order valence-corrected chi connectivity index (χ2v) is 5.50. The molecule has 2 unspecified atom stereocenters. The Morgan fingerprint density at radius 1 is 1.23 bits per heavy atom. The number of carbonyl (C=O) groups excluding carboxylic acids is 1. The van der Waals surface area contributed by atoms with Crippen molar-refractivity contribution in [3.63, 3.8) is 0 Å². The topological polar surface area (TPSA) is 70.8 Å². The van der Waals surface area contributed by atoms with Crippen molar-refractivity contribution < 1.29 is 19.1 Å². The fourth-order valence-electron chi connectivity index (χ4n) is 3.01. The first-order chi connectivity index (χ1) is 10.6. The minimum absolute atomic E-state index is 0.250. The molecule has 5 heteroatoms. The number of hydrogen-bond donors (Lipinski definition) is 1. The minimum Gasteiger partial charge on any atom is -0.481 e. The van der Waals surface area contributed by atoms with Gasteiger partial charge in [0, 0.05) is 18.2 Å². The quantitative estimate of drug-likeness (QED) is 0.946. The summed E-state index contributed by atoms with van der Waals surface area (Å²) in [7, 11) is 0. The molecule has 1 saturated heterocycles. The van der Waals surface area contributed by atoms with Gasteiger partial charge in [-0.05, 0) is 25.0 Å². The van der Waals surface area contributed by atoms with Crippen molar-refractivity contribution in [3.05, 3.63) is 48.4 Å². The fourth-order valence-corrected chi connectivity index (χ4v) is 3.01. The summed E-state index contributed by atoms with van der Waals surface area (Å²) in [6.45, 7) is 2.21. The Bertz CT molecular complexity index is 692. The van der Waals surface area contributed by atoms with Crippen molar-refractivity contribution in [2.24, 2.45) is 5.92 Å². The van der Waals surface area contributed by atoms with Crippen molar-refractivity contribution in [2.45, 2.75) is 19.4 Å². The van der Waals surface area contributed by atoms with Gasteiger partial charge in [0.15, 0.2) is 5.76 Å². The summed E-state index contributed by atoms with van der Waals surface area (Å²) in [5.74, 6) is -1.35. The maximum atomic E-state index is 12.7. The number of nitrogens with zero attached hydrogens (tertiary/aromatic N) is 1. The van der Waals surface area contributed by atoms with Gasteiger partial charge in [-0.3, -0.25) is 9.59 Å². The Morgan fingerprint density at radius 3 is 2.59 bits per heavy atom. The Morgan fingerprint density at radius 2 is 1.95 bits per heavy atom. The van der Waals surface area contributed by atoms with Gasteiger partial charge in [-0.15, -0.1) is 0 Å². The monoisotopic (exact) mass is 299 g/mol. The molecule has 0 bridgehead atoms. The molecule has 0 saturated carbocycles. The van der Waals surface area contributed by atoms with Gasteiger partial charge in [-0.1, -0.05) is 30.3 Å². The normalized spacial score (nSPS) is 21.0. The second-order valence-electron chi connectivity index (χ2n) is 5.50. The third kappa shape index (κ3) is 2.39. The molecule has 1 aliphatic heterocycles. The van der Waals surface area contributed by atoms with E-state index in [0.717, 1.165) is 11.1 Å². The Balaban J connectivity index is 1.89. The highest BCUT2D eigenvalue weighted by atomic mass is 16.4. The van der Waals surface area contributed by atoms with Crippen LogP contribution in [0.1, 0.15) is 23.9 Å². The molecule has 1 aromatic carbocycles. The summed E-state index contributed by atoms with van der Waals surface area (Å²) >= 11 is 0. The van der Waals surface area contributed by atoms with E-state index in [1.807, 2.05) is 30.3 Å². The van der Waals surface area contributed by atoms with E-state index in [1.54, 1.807) is 17.9 Å². The molecule has 0 aliphatic carbocycles. The van der Waals surface area contributed by atoms with E-state index in [4.69, 9.17) is 4.42 Å². The molecule has 2 heterocycles. The van der Waals surface area contributed by atoms with Crippen molar-refractivity contribution in [3.8, 4) is 11.1 Å². The number of likely N-dealkylation sites (tertiary alicyclic amines) is 1. The number of carbonyl (C=O) groups is 2. The largest absolute Gasteiger partial charge is 0.481 e. The van der Waals surface area contributed by atoms with Crippen LogP contribution in [0.4, 0.5) is 0 Å². The van der Waals surface area contributed by atoms with Crippen LogP contribution in [0.5, 0.6) is 0 Å². The van der Waals surface area contributed by atoms with Crippen LogP contribution in [0.2, 0.25) is 0 Å². The van der Waals surface area contributed by atoms with Crippen LogP contribution in [-0.4, -0.2) is 34.5 Å². The minimum atomic E-state index is -0.856. The number of amides is 1. The van der Waals surface area contributed by atoms with Gasteiger partial charge in [-0.25, -0.2) is 0 Å². The Labute approximate surface area is 128 Å². The average molecular weight is 299 g/mol. The average Bonchev–Trinajstić information content (AvgIpc) is 3.14. The molecule has 5 nitrogen and oxygen atoms in total. The first kappa shape index (κ1) is 14.4. The number of hydrogen-bond acceptors (Lipinski definition) is 3. The lowest BCUT2D eigenvalue weighted by Crippen LogP contribution is -2.37. The molecule has 3 rings (SSSR count). The van der Waals surface area contributed by atoms with Crippen LogP contribution in [-0.2, 0) is 4.79 Å². The van der Waals surface area contributed by atoms with E-state index < -0.39 is 11.9 Å². The molecule has 2 atom stereocenters. The molecule has 114 valence electrons. The number of carboxylic acid groups (broad SMARTS) is 1. The number of carboxylic acids is 1. The molecule has 1 amide bonds. The van der Waals surface area contributed by atoms with E-state index in [2.05, 4.69) is 0 Å². The van der Waals surface area contributed by atoms with E-state index >= 15 is 0 Å². The lowest BCUT2D eigenvalue weighted by Gasteiger charge is -2.22. The molecule has 1 aliphatic rings. The van der Waals surface area contributed by atoms with Crippen molar-refractivity contribution in [1.82, 2.24) is 4.90 Å². The zero-order valence-corrected chi connectivity index (χ0v) is 12.2. The lowest BCUT2D eigenvalue weighted by atomic mass is 10.0. The maximum absolute atomic E-state index is 12.7. The molecule has 1 N–H and O–H groups in total. The van der Waals surface area contributed by atoms with E-state index in [1.165, 1.54) is 6.26 Å². The highest BCUT2D eigenvalue weighted by Gasteiger charge is 2.39. The van der Waals surface area contributed by atoms with Crippen molar-refractivity contribution >= 4 is 11.9 Å². The first-order valence-electron chi connectivity index (χ1n) is 7.26. The molecular formula is C17H17NO4. The molecule has 0 spiro atoms. The summed E-state index contributed by atoms with van der Waals surface area (Å²) in [5.41, 5.74) is 1.64. The summed E-state index contributed by atoms with van der Waals surface area (Å²) in [6, 6.07) is 11.0. The summed E-state index contributed by atoms with van der Waals surface area (Å²) in [5, 5.41) is 9.18. The molecule has 1 aromatic heterocycles. The van der Waals surface area contributed by atoms with Gasteiger partial charge in [0.1, 0.15) is 0 Å². The summed E-state index contributed by atoms with van der Waals surface area (Å²) < 4.78 is 5.40. The second kappa shape index (κ2) is 5.67. The standard InChI is InChI=1S/C17H17NO4/c1-11-13(17(20)21)7-9-18(11)16(19)15-14(8-10-22-15)12-5-3-2-4-6-12/h2-6,8,10-11,13H,7,9H2,1H3,(H,20,21). The van der Waals surface area contributed by atoms with Gasteiger partial charge < -0.3 is 14.4 Å². The van der Waals surface area contributed by atoms with Crippen LogP contribution in [0, 0.1) is 5.92 Å². The molecular weight excluding hydrogens is 282 g/mol. The predicted octanol–water partition coefficient (Wildman–Crippen LogP) is 2.88. The van der Waals surface area contributed by atoms with Crippen molar-refractivity contribution in [2.75, 3.05) is 6.54 Å². The predicted molar refractivity (Wildman–Crippen MR) is 80.4 cm³/mol. The van der Waals surface area contributed by atoms with Crippen LogP contribution >= 0.6 is 0 Å². The van der Waals surface area contributed by atoms with Gasteiger partial charge >= 0.3 is 5.97 Å². The smallest absolute Gasteiger partial charge is 0.308 e. The lowest BCUT2D eigenvalue weighted by molar-refractivity contribution is -0.142. The SMILES string of the molecule is CC1C(C(=O)O)CCN1C(=O)c1occc1-c1ccccc1. The molecule has 1 fully saturated rings. The Kier molecular flexibility index (Phi) is 3.71. The number of furan rings is 1. The van der Waals surface area contributed by atoms with Gasteiger partial charge in [0.2, 0.25) is 0 Å². The first-order valence-corrected chi connectivity index (χ1v) is 7.26. The van der Waals surface area contributed by atoms with Crippen LogP contribution in [0.15, 0.2) is 47.1 Å². The third-order valence-electron chi connectivity index (χ3n) is 4.28. The van der Waals surface area contributed by atoms with Gasteiger partial charge in [-0.2, -0.15) is 0 Å². The van der Waals surface area contributed by atoms with Crippen LogP contribution in [0.3, 0.4) is 0 Å². The van der Waals surface area contributed by atoms with E-state index in [0.29, 0.717) is 13.0 Å². The van der Waals surface area contributed by atoms with Crippen LogP contribution in [0.25, 0.3) is 11.1 Å². The number of rotatable bonds is 3.